The Morgan fingerprint density at radius 2 is 1.96 bits per heavy atom. The summed E-state index contributed by atoms with van der Waals surface area (Å²) in [7, 11) is 1.88. The number of aryl methyl sites for hydroxylation is 1. The van der Waals surface area contributed by atoms with Crippen molar-refractivity contribution in [3.8, 4) is 0 Å². The summed E-state index contributed by atoms with van der Waals surface area (Å²) in [5, 5.41) is 14.4. The first-order valence-corrected chi connectivity index (χ1v) is 7.62. The summed E-state index contributed by atoms with van der Waals surface area (Å²) < 4.78 is 28.7. The van der Waals surface area contributed by atoms with Crippen molar-refractivity contribution in [1.82, 2.24) is 14.7 Å². The molecule has 7 heteroatoms. The van der Waals surface area contributed by atoms with Crippen molar-refractivity contribution < 1.29 is 13.9 Å². The van der Waals surface area contributed by atoms with Gasteiger partial charge >= 0.3 is 0 Å². The molecule has 1 aromatic heterocycles. The van der Waals surface area contributed by atoms with Gasteiger partial charge in [0.15, 0.2) is 0 Å². The van der Waals surface area contributed by atoms with Crippen LogP contribution in [0.1, 0.15) is 11.7 Å². The van der Waals surface area contributed by atoms with Crippen molar-refractivity contribution in [1.29, 1.82) is 0 Å². The van der Waals surface area contributed by atoms with Gasteiger partial charge in [0.2, 0.25) is 0 Å². The molecule has 0 aliphatic carbocycles. The van der Waals surface area contributed by atoms with Crippen LogP contribution in [0.15, 0.2) is 30.6 Å². The van der Waals surface area contributed by atoms with Gasteiger partial charge in [0.25, 0.3) is 0 Å². The number of aliphatic hydroxyl groups is 1. The van der Waals surface area contributed by atoms with Crippen LogP contribution in [0.3, 0.4) is 0 Å². The molecule has 1 saturated heterocycles. The van der Waals surface area contributed by atoms with E-state index in [0.717, 1.165) is 50.1 Å². The first kappa shape index (κ1) is 15.9. The summed E-state index contributed by atoms with van der Waals surface area (Å²) in [6, 6.07) is 3.17. The number of halogens is 2. The molecule has 23 heavy (non-hydrogen) atoms. The van der Waals surface area contributed by atoms with E-state index in [4.69, 9.17) is 0 Å². The van der Waals surface area contributed by atoms with Gasteiger partial charge in [-0.3, -0.25) is 9.58 Å². The molecular formula is C16H20F2N4O. The van der Waals surface area contributed by atoms with Crippen LogP contribution < -0.4 is 4.90 Å². The van der Waals surface area contributed by atoms with Crippen LogP contribution in [0.5, 0.6) is 0 Å². The Hall–Kier alpha value is -1.99. The first-order chi connectivity index (χ1) is 11.0. The van der Waals surface area contributed by atoms with Crippen LogP contribution in [-0.2, 0) is 7.05 Å². The first-order valence-electron chi connectivity index (χ1n) is 7.62. The van der Waals surface area contributed by atoms with Gasteiger partial charge in [0.05, 0.1) is 18.0 Å². The molecule has 0 saturated carbocycles. The number of hydrogen-bond acceptors (Lipinski definition) is 4. The van der Waals surface area contributed by atoms with Gasteiger partial charge in [-0.1, -0.05) is 0 Å². The van der Waals surface area contributed by atoms with E-state index in [2.05, 4.69) is 14.9 Å². The van der Waals surface area contributed by atoms with E-state index in [1.54, 1.807) is 4.68 Å². The van der Waals surface area contributed by atoms with Crippen LogP contribution >= 0.6 is 0 Å². The van der Waals surface area contributed by atoms with Gasteiger partial charge in [0.1, 0.15) is 11.6 Å². The van der Waals surface area contributed by atoms with E-state index in [1.165, 1.54) is 0 Å². The highest BCUT2D eigenvalue weighted by atomic mass is 19.1. The molecule has 1 aliphatic rings. The molecule has 3 rings (SSSR count). The number of aromatic nitrogens is 2. The van der Waals surface area contributed by atoms with Crippen molar-refractivity contribution >= 4 is 5.69 Å². The molecule has 0 radical (unpaired) electrons. The number of nitrogens with zero attached hydrogens (tertiary/aromatic N) is 4. The zero-order chi connectivity index (χ0) is 16.4. The quantitative estimate of drug-likeness (QED) is 0.928. The van der Waals surface area contributed by atoms with Crippen LogP contribution in [0.4, 0.5) is 14.5 Å². The molecule has 5 nitrogen and oxygen atoms in total. The van der Waals surface area contributed by atoms with E-state index in [0.29, 0.717) is 6.54 Å². The van der Waals surface area contributed by atoms with Gasteiger partial charge in [-0.25, -0.2) is 8.78 Å². The van der Waals surface area contributed by atoms with Gasteiger partial charge < -0.3 is 10.0 Å². The largest absolute Gasteiger partial charge is 0.387 e. The van der Waals surface area contributed by atoms with Crippen LogP contribution in [0.25, 0.3) is 0 Å². The van der Waals surface area contributed by atoms with Crippen molar-refractivity contribution in [2.45, 2.75) is 6.10 Å². The van der Waals surface area contributed by atoms with E-state index in [1.807, 2.05) is 19.4 Å². The molecule has 1 atom stereocenters. The van der Waals surface area contributed by atoms with Gasteiger partial charge in [-0.15, -0.1) is 0 Å². The highest BCUT2D eigenvalue weighted by Crippen LogP contribution is 2.21. The number of β-amino-alcohol motifs (C(OH)–C–C–N with tert-alkyl or cyclic N) is 1. The Bertz CT molecular complexity index is 668. The summed E-state index contributed by atoms with van der Waals surface area (Å²) in [6.45, 7) is 3.42. The second kappa shape index (κ2) is 6.64. The molecule has 0 amide bonds. The maximum Gasteiger partial charge on any atom is 0.129 e. The topological polar surface area (TPSA) is 44.5 Å². The minimum atomic E-state index is -1.03. The molecule has 0 bridgehead atoms. The maximum atomic E-state index is 13.7. The summed E-state index contributed by atoms with van der Waals surface area (Å²) in [5.41, 5.74) is 1.09. The van der Waals surface area contributed by atoms with E-state index in [-0.39, 0.29) is 5.56 Å². The highest BCUT2D eigenvalue weighted by Gasteiger charge is 2.22. The van der Waals surface area contributed by atoms with Gasteiger partial charge in [-0.2, -0.15) is 5.10 Å². The van der Waals surface area contributed by atoms with Crippen LogP contribution in [0.2, 0.25) is 0 Å². The Labute approximate surface area is 133 Å². The molecule has 1 aliphatic heterocycles. The fourth-order valence-electron chi connectivity index (χ4n) is 2.87. The number of rotatable bonds is 4. The second-order valence-electron chi connectivity index (χ2n) is 5.84. The SMILES string of the molecule is Cn1cc(N2CCN(CC(O)c3cc(F)ccc3F)CC2)cn1. The third-order valence-electron chi connectivity index (χ3n) is 4.18. The standard InChI is InChI=1S/C16H20F2N4O/c1-20-10-13(9-19-20)22-6-4-21(5-7-22)11-16(23)14-8-12(17)2-3-15(14)18/h2-3,8-10,16,23H,4-7,11H2,1H3. The lowest BCUT2D eigenvalue weighted by Gasteiger charge is -2.36. The zero-order valence-corrected chi connectivity index (χ0v) is 13.0. The fourth-order valence-corrected chi connectivity index (χ4v) is 2.87. The van der Waals surface area contributed by atoms with Crippen molar-refractivity contribution in [2.75, 3.05) is 37.6 Å². The Morgan fingerprint density at radius 1 is 1.22 bits per heavy atom. The molecule has 2 heterocycles. The molecule has 1 N–H and O–H groups in total. The predicted octanol–water partition coefficient (Wildman–Crippen LogP) is 1.55. The Balaban J connectivity index is 1.57. The summed E-state index contributed by atoms with van der Waals surface area (Å²) in [6.07, 6.45) is 2.76. The summed E-state index contributed by atoms with van der Waals surface area (Å²) in [4.78, 5) is 4.28. The summed E-state index contributed by atoms with van der Waals surface area (Å²) in [5.74, 6) is -1.12. The molecule has 1 fully saturated rings. The zero-order valence-electron chi connectivity index (χ0n) is 13.0. The van der Waals surface area contributed by atoms with Crippen molar-refractivity contribution in [3.63, 3.8) is 0 Å². The van der Waals surface area contributed by atoms with Crippen molar-refractivity contribution in [3.05, 3.63) is 47.8 Å². The minimum Gasteiger partial charge on any atom is -0.387 e. The lowest BCUT2D eigenvalue weighted by Crippen LogP contribution is -2.47. The Kier molecular flexibility index (Phi) is 4.58. The average Bonchev–Trinajstić information content (AvgIpc) is 2.97. The van der Waals surface area contributed by atoms with E-state index in [9.17, 15) is 13.9 Å². The average molecular weight is 322 g/mol. The van der Waals surface area contributed by atoms with Crippen LogP contribution in [-0.4, -0.2) is 52.5 Å². The molecular weight excluding hydrogens is 302 g/mol. The monoisotopic (exact) mass is 322 g/mol. The second-order valence-corrected chi connectivity index (χ2v) is 5.84. The van der Waals surface area contributed by atoms with E-state index < -0.39 is 17.7 Å². The molecule has 124 valence electrons. The maximum absolute atomic E-state index is 13.7. The Morgan fingerprint density at radius 3 is 2.61 bits per heavy atom. The third-order valence-corrected chi connectivity index (χ3v) is 4.18. The number of benzene rings is 1. The smallest absolute Gasteiger partial charge is 0.129 e. The molecule has 0 spiro atoms. The van der Waals surface area contributed by atoms with E-state index >= 15 is 0 Å². The number of hydrogen-bond donors (Lipinski definition) is 1. The minimum absolute atomic E-state index is 0.0136. The van der Waals surface area contributed by atoms with Gasteiger partial charge in [-0.05, 0) is 18.2 Å². The number of piperazine rings is 1. The fraction of sp³-hybridized carbons (Fsp3) is 0.438. The third kappa shape index (κ3) is 3.68. The molecule has 1 aromatic carbocycles. The lowest BCUT2D eigenvalue weighted by molar-refractivity contribution is 0.106. The normalized spacial score (nSPS) is 17.5. The lowest BCUT2D eigenvalue weighted by atomic mass is 10.1. The molecule has 1 unspecified atom stereocenters. The van der Waals surface area contributed by atoms with Crippen molar-refractivity contribution in [2.24, 2.45) is 7.05 Å². The van der Waals surface area contributed by atoms with Crippen LogP contribution in [0, 0.1) is 11.6 Å². The molecule has 2 aromatic rings. The van der Waals surface area contributed by atoms with Gasteiger partial charge in [0, 0.05) is 51.5 Å². The highest BCUT2D eigenvalue weighted by molar-refractivity contribution is 5.42. The number of anilines is 1. The predicted molar refractivity (Wildman–Crippen MR) is 83.2 cm³/mol. The summed E-state index contributed by atoms with van der Waals surface area (Å²) >= 11 is 0. The number of aliphatic hydroxyl groups excluding tert-OH is 1.